The first-order chi connectivity index (χ1) is 17.6. The Morgan fingerprint density at radius 2 is 0.861 bits per heavy atom. The lowest BCUT2D eigenvalue weighted by Crippen LogP contribution is -2.41. The quantitative estimate of drug-likeness (QED) is 0.332. The summed E-state index contributed by atoms with van der Waals surface area (Å²) >= 11 is 0. The number of rotatable bonds is 14. The molecule has 9 heteroatoms. The van der Waals surface area contributed by atoms with Gasteiger partial charge in [0.15, 0.2) is 0 Å². The first kappa shape index (κ1) is 28.9. The van der Waals surface area contributed by atoms with Gasteiger partial charge >= 0.3 is 0 Å². The summed E-state index contributed by atoms with van der Waals surface area (Å²) in [5.74, 6) is -0.427. The smallest absolute Gasteiger partial charge is 0.246 e. The molecule has 9 nitrogen and oxygen atoms in total. The molecule has 0 bridgehead atoms. The van der Waals surface area contributed by atoms with Crippen molar-refractivity contribution in [1.82, 2.24) is 16.0 Å². The van der Waals surface area contributed by atoms with E-state index in [0.717, 1.165) is 77.0 Å². The molecule has 3 N–H and O–H groups in total. The number of carbonyl (C=O) groups excluding carboxylic acids is 3. The minimum atomic E-state index is -0.549. The molecule has 0 heterocycles. The van der Waals surface area contributed by atoms with Crippen LogP contribution in [0.15, 0.2) is 0 Å². The van der Waals surface area contributed by atoms with Crippen molar-refractivity contribution in [2.24, 2.45) is 0 Å². The van der Waals surface area contributed by atoms with Crippen LogP contribution in [0.1, 0.15) is 96.3 Å². The van der Waals surface area contributed by atoms with Gasteiger partial charge in [0, 0.05) is 18.1 Å². The summed E-state index contributed by atoms with van der Waals surface area (Å²) in [6.45, 7) is -0.00585. The Morgan fingerprint density at radius 1 is 0.528 bits per heavy atom. The fourth-order valence-corrected chi connectivity index (χ4v) is 5.45. The van der Waals surface area contributed by atoms with Gasteiger partial charge in [0.05, 0.1) is 13.2 Å². The van der Waals surface area contributed by atoms with E-state index in [1.165, 1.54) is 19.3 Å². The fraction of sp³-hybridized carbons (Fsp3) is 0.889. The molecule has 0 atom stereocenters. The monoisotopic (exact) mass is 509 g/mol. The predicted molar refractivity (Wildman–Crippen MR) is 136 cm³/mol. The molecule has 0 radical (unpaired) electrons. The number of nitrogens with one attached hydrogen (secondary N) is 3. The maximum absolute atomic E-state index is 12.4. The highest BCUT2D eigenvalue weighted by molar-refractivity contribution is 5.78. The molecule has 3 aliphatic rings. The Labute approximate surface area is 216 Å². The Bertz CT molecular complexity index is 620. The van der Waals surface area contributed by atoms with Crippen molar-refractivity contribution in [1.29, 1.82) is 0 Å². The van der Waals surface area contributed by atoms with E-state index in [1.807, 2.05) is 0 Å². The third-order valence-electron chi connectivity index (χ3n) is 7.43. The molecule has 0 aliphatic heterocycles. The molecule has 3 fully saturated rings. The average molecular weight is 510 g/mol. The molecular formula is C27H47N3O6. The van der Waals surface area contributed by atoms with Crippen LogP contribution in [0.2, 0.25) is 0 Å². The lowest BCUT2D eigenvalue weighted by Gasteiger charge is -2.24. The molecule has 3 saturated carbocycles. The Balaban J connectivity index is 1.37. The molecule has 0 spiro atoms. The topological polar surface area (TPSA) is 115 Å². The summed E-state index contributed by atoms with van der Waals surface area (Å²) in [5.41, 5.74) is 0. The van der Waals surface area contributed by atoms with E-state index >= 15 is 0 Å². The standard InChI is InChI=1S/C27H47N3O6/c31-25(28-21-10-4-1-5-11-21)18-34-16-24(36-20-27(33)30-23-14-8-3-9-15-23)17-35-19-26(32)29-22-12-6-2-7-13-22/h21-24H,1-20H2,(H,28,31)(H,29,32)(H,30,33). The van der Waals surface area contributed by atoms with Crippen LogP contribution in [-0.4, -0.2) is 75.0 Å². The highest BCUT2D eigenvalue weighted by atomic mass is 16.6. The zero-order chi connectivity index (χ0) is 25.4. The van der Waals surface area contributed by atoms with Crippen molar-refractivity contribution < 1.29 is 28.6 Å². The van der Waals surface area contributed by atoms with Crippen LogP contribution in [0.4, 0.5) is 0 Å². The zero-order valence-corrected chi connectivity index (χ0v) is 21.9. The molecule has 0 aromatic rings. The van der Waals surface area contributed by atoms with Crippen molar-refractivity contribution in [3.63, 3.8) is 0 Å². The van der Waals surface area contributed by atoms with Crippen molar-refractivity contribution in [3.8, 4) is 0 Å². The third-order valence-corrected chi connectivity index (χ3v) is 7.43. The fourth-order valence-electron chi connectivity index (χ4n) is 5.45. The zero-order valence-electron chi connectivity index (χ0n) is 21.9. The molecule has 0 aromatic heterocycles. The summed E-state index contributed by atoms with van der Waals surface area (Å²) in [5, 5.41) is 9.10. The molecule has 3 amide bonds. The lowest BCUT2D eigenvalue weighted by atomic mass is 9.95. The van der Waals surface area contributed by atoms with Gasteiger partial charge in [0.25, 0.3) is 0 Å². The van der Waals surface area contributed by atoms with Gasteiger partial charge < -0.3 is 30.2 Å². The van der Waals surface area contributed by atoms with Crippen LogP contribution < -0.4 is 16.0 Å². The normalized spacial score (nSPS) is 20.2. The summed E-state index contributed by atoms with van der Waals surface area (Å²) in [7, 11) is 0. The lowest BCUT2D eigenvalue weighted by molar-refractivity contribution is -0.138. The molecule has 0 unspecified atom stereocenters. The van der Waals surface area contributed by atoms with Crippen LogP contribution in [0, 0.1) is 0 Å². The molecular weight excluding hydrogens is 462 g/mol. The first-order valence-corrected chi connectivity index (χ1v) is 14.2. The van der Waals surface area contributed by atoms with Gasteiger partial charge in [-0.3, -0.25) is 14.4 Å². The van der Waals surface area contributed by atoms with E-state index in [4.69, 9.17) is 14.2 Å². The van der Waals surface area contributed by atoms with Gasteiger partial charge in [-0.1, -0.05) is 57.8 Å². The second-order valence-corrected chi connectivity index (χ2v) is 10.7. The van der Waals surface area contributed by atoms with Crippen molar-refractivity contribution in [2.75, 3.05) is 33.0 Å². The second-order valence-electron chi connectivity index (χ2n) is 10.7. The second kappa shape index (κ2) is 16.9. The van der Waals surface area contributed by atoms with E-state index in [9.17, 15) is 14.4 Å². The highest BCUT2D eigenvalue weighted by Gasteiger charge is 2.20. The predicted octanol–water partition coefficient (Wildman–Crippen LogP) is 2.75. The number of amides is 3. The SMILES string of the molecule is O=C(COCC(COCC(=O)NC1CCCCC1)OCC(=O)NC1CCCCC1)NC1CCCCC1. The Hall–Kier alpha value is -1.71. The highest BCUT2D eigenvalue weighted by Crippen LogP contribution is 2.18. The number of hydrogen-bond acceptors (Lipinski definition) is 6. The maximum Gasteiger partial charge on any atom is 0.246 e. The van der Waals surface area contributed by atoms with Gasteiger partial charge in [-0.25, -0.2) is 0 Å². The summed E-state index contributed by atoms with van der Waals surface area (Å²) < 4.78 is 17.0. The van der Waals surface area contributed by atoms with E-state index in [2.05, 4.69) is 16.0 Å². The minimum Gasteiger partial charge on any atom is -0.369 e. The summed E-state index contributed by atoms with van der Waals surface area (Å²) in [6, 6.07) is 0.681. The van der Waals surface area contributed by atoms with Gasteiger partial charge in [0.1, 0.15) is 25.9 Å². The molecule has 3 rings (SSSR count). The average Bonchev–Trinajstić information content (AvgIpc) is 2.88. The van der Waals surface area contributed by atoms with E-state index in [0.29, 0.717) is 0 Å². The molecule has 0 saturated heterocycles. The Morgan fingerprint density at radius 3 is 1.22 bits per heavy atom. The van der Waals surface area contributed by atoms with Gasteiger partial charge in [-0.15, -0.1) is 0 Å². The minimum absolute atomic E-state index is 0.0627. The molecule has 3 aliphatic carbocycles. The molecule has 206 valence electrons. The van der Waals surface area contributed by atoms with Crippen molar-refractivity contribution in [3.05, 3.63) is 0 Å². The third kappa shape index (κ3) is 12.0. The number of ether oxygens (including phenoxy) is 3. The molecule has 36 heavy (non-hydrogen) atoms. The van der Waals surface area contributed by atoms with Gasteiger partial charge in [0.2, 0.25) is 17.7 Å². The van der Waals surface area contributed by atoms with Crippen LogP contribution in [-0.2, 0) is 28.6 Å². The van der Waals surface area contributed by atoms with Crippen LogP contribution in [0.5, 0.6) is 0 Å². The number of hydrogen-bond donors (Lipinski definition) is 3. The van der Waals surface area contributed by atoms with Crippen LogP contribution in [0.25, 0.3) is 0 Å². The molecule has 0 aromatic carbocycles. The summed E-state index contributed by atoms with van der Waals surface area (Å²) in [4.78, 5) is 36.9. The maximum atomic E-state index is 12.4. The van der Waals surface area contributed by atoms with Crippen LogP contribution >= 0.6 is 0 Å². The van der Waals surface area contributed by atoms with E-state index in [1.54, 1.807) is 0 Å². The van der Waals surface area contributed by atoms with Crippen molar-refractivity contribution >= 4 is 17.7 Å². The largest absolute Gasteiger partial charge is 0.369 e. The van der Waals surface area contributed by atoms with Gasteiger partial charge in [-0.2, -0.15) is 0 Å². The van der Waals surface area contributed by atoms with E-state index in [-0.39, 0.29) is 68.9 Å². The Kier molecular flexibility index (Phi) is 13.6. The van der Waals surface area contributed by atoms with Gasteiger partial charge in [-0.05, 0) is 38.5 Å². The summed E-state index contributed by atoms with van der Waals surface area (Å²) in [6.07, 6.45) is 16.1. The van der Waals surface area contributed by atoms with E-state index < -0.39 is 6.10 Å². The van der Waals surface area contributed by atoms with Crippen LogP contribution in [0.3, 0.4) is 0 Å². The van der Waals surface area contributed by atoms with Crippen molar-refractivity contribution in [2.45, 2.75) is 121 Å². The number of carbonyl (C=O) groups is 3. The first-order valence-electron chi connectivity index (χ1n) is 14.2.